The van der Waals surface area contributed by atoms with Crippen molar-refractivity contribution >= 4 is 23.2 Å². The van der Waals surface area contributed by atoms with Gasteiger partial charge in [0.1, 0.15) is 5.82 Å². The number of nitrogens with zero attached hydrogens (tertiary/aromatic N) is 2. The van der Waals surface area contributed by atoms with E-state index in [1.807, 2.05) is 13.1 Å². The average Bonchev–Trinajstić information content (AvgIpc) is 2.77. The number of aryl methyl sites for hydroxylation is 2. The van der Waals surface area contributed by atoms with Gasteiger partial charge in [0, 0.05) is 29.5 Å². The molecule has 108 valence electrons. The zero-order valence-corrected chi connectivity index (χ0v) is 12.7. The molecular formula is C14H15Cl2FN2O. The maximum Gasteiger partial charge on any atom is 0.142 e. The summed E-state index contributed by atoms with van der Waals surface area (Å²) in [6, 6.07) is 4.38. The highest BCUT2D eigenvalue weighted by Crippen LogP contribution is 2.34. The van der Waals surface area contributed by atoms with Crippen molar-refractivity contribution in [3.05, 3.63) is 51.5 Å². The van der Waals surface area contributed by atoms with Crippen LogP contribution in [-0.4, -0.2) is 14.9 Å². The van der Waals surface area contributed by atoms with E-state index >= 15 is 0 Å². The largest absolute Gasteiger partial charge is 0.385 e. The van der Waals surface area contributed by atoms with E-state index in [0.717, 1.165) is 5.69 Å². The van der Waals surface area contributed by atoms with Gasteiger partial charge < -0.3 is 5.11 Å². The standard InChI is InChI=1S/C14H15Cl2FN2O/c1-14(20,5-3-9-4-6-18-19(9)2)10-7-13(17)12(16)8-11(10)15/h4,6-8,20H,3,5H2,1-2H3. The first kappa shape index (κ1) is 15.3. The number of hydrogen-bond donors (Lipinski definition) is 1. The minimum atomic E-state index is -1.24. The molecule has 2 rings (SSSR count). The normalized spacial score (nSPS) is 14.3. The maximum atomic E-state index is 13.6. The van der Waals surface area contributed by atoms with Gasteiger partial charge in [-0.2, -0.15) is 5.10 Å². The van der Waals surface area contributed by atoms with Crippen molar-refractivity contribution in [2.45, 2.75) is 25.4 Å². The van der Waals surface area contributed by atoms with Crippen LogP contribution in [0.4, 0.5) is 4.39 Å². The predicted octanol–water partition coefficient (Wildman–Crippen LogP) is 3.71. The monoisotopic (exact) mass is 316 g/mol. The van der Waals surface area contributed by atoms with E-state index in [2.05, 4.69) is 5.10 Å². The smallest absolute Gasteiger partial charge is 0.142 e. The molecule has 3 nitrogen and oxygen atoms in total. The molecule has 0 amide bonds. The van der Waals surface area contributed by atoms with Crippen LogP contribution in [0.2, 0.25) is 10.0 Å². The molecular weight excluding hydrogens is 302 g/mol. The third-order valence-electron chi connectivity index (χ3n) is 3.38. The van der Waals surface area contributed by atoms with E-state index in [1.165, 1.54) is 12.1 Å². The summed E-state index contributed by atoms with van der Waals surface area (Å²) in [7, 11) is 1.83. The Bertz CT molecular complexity index is 626. The lowest BCUT2D eigenvalue weighted by atomic mass is 9.90. The van der Waals surface area contributed by atoms with Crippen LogP contribution in [0.3, 0.4) is 0 Å². The lowest BCUT2D eigenvalue weighted by Crippen LogP contribution is -2.23. The zero-order valence-electron chi connectivity index (χ0n) is 11.2. The van der Waals surface area contributed by atoms with Crippen LogP contribution in [0.15, 0.2) is 24.4 Å². The number of rotatable bonds is 4. The zero-order chi connectivity index (χ0) is 14.9. The number of halogens is 3. The Labute approximate surface area is 126 Å². The first-order valence-corrected chi connectivity index (χ1v) is 6.91. The molecule has 1 unspecified atom stereocenters. The minimum Gasteiger partial charge on any atom is -0.385 e. The molecule has 0 bridgehead atoms. The fraction of sp³-hybridized carbons (Fsp3) is 0.357. The molecule has 0 radical (unpaired) electrons. The second-order valence-corrected chi connectivity index (χ2v) is 5.78. The van der Waals surface area contributed by atoms with Crippen LogP contribution in [0.25, 0.3) is 0 Å². The Morgan fingerprint density at radius 2 is 2.05 bits per heavy atom. The Hall–Kier alpha value is -1.10. The van der Waals surface area contributed by atoms with Crippen LogP contribution in [-0.2, 0) is 19.1 Å². The fourth-order valence-electron chi connectivity index (χ4n) is 2.09. The summed E-state index contributed by atoms with van der Waals surface area (Å²) in [6.45, 7) is 1.61. The van der Waals surface area contributed by atoms with E-state index in [4.69, 9.17) is 23.2 Å². The maximum absolute atomic E-state index is 13.6. The molecule has 0 saturated heterocycles. The third-order valence-corrected chi connectivity index (χ3v) is 3.98. The Morgan fingerprint density at radius 1 is 1.35 bits per heavy atom. The summed E-state index contributed by atoms with van der Waals surface area (Å²) >= 11 is 11.7. The van der Waals surface area contributed by atoms with Crippen molar-refractivity contribution in [2.75, 3.05) is 0 Å². The molecule has 1 heterocycles. The first-order valence-electron chi connectivity index (χ1n) is 6.15. The minimum absolute atomic E-state index is 0.0545. The Morgan fingerprint density at radius 3 is 2.65 bits per heavy atom. The van der Waals surface area contributed by atoms with Gasteiger partial charge in [0.2, 0.25) is 0 Å². The first-order chi connectivity index (χ1) is 9.31. The molecule has 0 aliphatic carbocycles. The van der Waals surface area contributed by atoms with Crippen LogP contribution in [0, 0.1) is 5.82 Å². The molecule has 1 N–H and O–H groups in total. The van der Waals surface area contributed by atoms with Crippen molar-refractivity contribution in [3.63, 3.8) is 0 Å². The predicted molar refractivity (Wildman–Crippen MR) is 77.5 cm³/mol. The summed E-state index contributed by atoms with van der Waals surface area (Å²) in [5, 5.41) is 14.8. The molecule has 1 atom stereocenters. The number of aromatic nitrogens is 2. The summed E-state index contributed by atoms with van der Waals surface area (Å²) in [5.74, 6) is -0.591. The highest BCUT2D eigenvalue weighted by Gasteiger charge is 2.27. The molecule has 1 aromatic carbocycles. The van der Waals surface area contributed by atoms with Crippen molar-refractivity contribution in [2.24, 2.45) is 7.05 Å². The van der Waals surface area contributed by atoms with Gasteiger partial charge in [-0.15, -0.1) is 0 Å². The van der Waals surface area contributed by atoms with E-state index < -0.39 is 11.4 Å². The highest BCUT2D eigenvalue weighted by molar-refractivity contribution is 6.35. The summed E-state index contributed by atoms with van der Waals surface area (Å²) in [6.07, 6.45) is 2.69. The van der Waals surface area contributed by atoms with Crippen molar-refractivity contribution in [1.29, 1.82) is 0 Å². The van der Waals surface area contributed by atoms with Crippen molar-refractivity contribution in [3.8, 4) is 0 Å². The van der Waals surface area contributed by atoms with Gasteiger partial charge in [-0.1, -0.05) is 23.2 Å². The molecule has 2 aromatic rings. The van der Waals surface area contributed by atoms with E-state index in [9.17, 15) is 9.50 Å². The van der Waals surface area contributed by atoms with E-state index in [1.54, 1.807) is 17.8 Å². The molecule has 0 aliphatic heterocycles. The van der Waals surface area contributed by atoms with Gasteiger partial charge in [-0.05, 0) is 38.0 Å². The van der Waals surface area contributed by atoms with E-state index in [-0.39, 0.29) is 10.0 Å². The second kappa shape index (κ2) is 5.72. The van der Waals surface area contributed by atoms with Gasteiger partial charge in [0.05, 0.1) is 10.6 Å². The number of benzene rings is 1. The molecule has 1 aromatic heterocycles. The number of aliphatic hydroxyl groups is 1. The summed E-state index contributed by atoms with van der Waals surface area (Å²) in [4.78, 5) is 0. The topological polar surface area (TPSA) is 38.0 Å². The lowest BCUT2D eigenvalue weighted by molar-refractivity contribution is 0.0473. The lowest BCUT2D eigenvalue weighted by Gasteiger charge is -2.25. The van der Waals surface area contributed by atoms with Crippen molar-refractivity contribution in [1.82, 2.24) is 9.78 Å². The molecule has 0 fully saturated rings. The molecule has 20 heavy (non-hydrogen) atoms. The fourth-order valence-corrected chi connectivity index (χ4v) is 2.67. The van der Waals surface area contributed by atoms with Gasteiger partial charge in [0.15, 0.2) is 0 Å². The van der Waals surface area contributed by atoms with Gasteiger partial charge >= 0.3 is 0 Å². The molecule has 6 heteroatoms. The van der Waals surface area contributed by atoms with Crippen LogP contribution in [0.5, 0.6) is 0 Å². The quantitative estimate of drug-likeness (QED) is 0.873. The molecule has 0 saturated carbocycles. The van der Waals surface area contributed by atoms with Crippen LogP contribution >= 0.6 is 23.2 Å². The second-order valence-electron chi connectivity index (χ2n) is 4.97. The van der Waals surface area contributed by atoms with Crippen LogP contribution < -0.4 is 0 Å². The Balaban J connectivity index is 2.22. The summed E-state index contributed by atoms with van der Waals surface area (Å²) < 4.78 is 15.3. The SMILES string of the molecule is Cn1nccc1CCC(C)(O)c1cc(F)c(Cl)cc1Cl. The van der Waals surface area contributed by atoms with Gasteiger partial charge in [-0.3, -0.25) is 4.68 Å². The van der Waals surface area contributed by atoms with E-state index in [0.29, 0.717) is 18.4 Å². The molecule has 0 aliphatic rings. The van der Waals surface area contributed by atoms with Gasteiger partial charge in [0.25, 0.3) is 0 Å². The highest BCUT2D eigenvalue weighted by atomic mass is 35.5. The third kappa shape index (κ3) is 3.14. The molecule has 0 spiro atoms. The number of hydrogen-bond acceptors (Lipinski definition) is 2. The van der Waals surface area contributed by atoms with Crippen molar-refractivity contribution < 1.29 is 9.50 Å². The summed E-state index contributed by atoms with van der Waals surface area (Å²) in [5.41, 5.74) is 0.0753. The van der Waals surface area contributed by atoms with Gasteiger partial charge in [-0.25, -0.2) is 4.39 Å². The van der Waals surface area contributed by atoms with Crippen LogP contribution in [0.1, 0.15) is 24.6 Å². The average molecular weight is 317 g/mol. The Kier molecular flexibility index (Phi) is 4.37.